The number of carbonyl (C=O) groups is 2. The minimum Gasteiger partial charge on any atom is -0.493 e. The van der Waals surface area contributed by atoms with E-state index in [0.29, 0.717) is 77.3 Å². The lowest BCUT2D eigenvalue weighted by Crippen LogP contribution is -2.59. The van der Waals surface area contributed by atoms with Gasteiger partial charge < -0.3 is 48.8 Å². The summed E-state index contributed by atoms with van der Waals surface area (Å²) in [6, 6.07) is 26.9. The van der Waals surface area contributed by atoms with Gasteiger partial charge in [-0.05, 0) is 128 Å². The van der Waals surface area contributed by atoms with Crippen molar-refractivity contribution < 1.29 is 38.4 Å². The summed E-state index contributed by atoms with van der Waals surface area (Å²) in [6.07, 6.45) is 7.03. The second-order valence-electron chi connectivity index (χ2n) is 22.4. The van der Waals surface area contributed by atoms with E-state index in [1.54, 1.807) is 43.2 Å². The highest BCUT2D eigenvalue weighted by Crippen LogP contribution is 2.41. The number of hydrogen-bond acceptors (Lipinski definition) is 13. The minimum atomic E-state index is -0.570. The molecule has 4 aromatic carbocycles. The molecule has 2 amide bonds. The van der Waals surface area contributed by atoms with Crippen molar-refractivity contribution in [2.75, 3.05) is 61.0 Å². The number of aliphatic hydroxyl groups is 1. The largest absolute Gasteiger partial charge is 0.493 e. The molecule has 2 aliphatic rings. The Balaban J connectivity index is 0.00000115. The second-order valence-corrected chi connectivity index (χ2v) is 23.6. The number of aliphatic hydroxyl groups excluding tert-OH is 1. The number of carbonyl (C=O) groups excluding carboxylic acids is 2. The van der Waals surface area contributed by atoms with Gasteiger partial charge in [0.15, 0.2) is 23.0 Å². The van der Waals surface area contributed by atoms with Gasteiger partial charge in [-0.1, -0.05) is 77.4 Å². The number of hydrogen-bond donors (Lipinski definition) is 3. The number of fused-ring (bicyclic) bond motifs is 2. The molecule has 0 aliphatic carbocycles. The molecular weight excluding hydrogens is 1000 g/mol. The third-order valence-corrected chi connectivity index (χ3v) is 13.8. The van der Waals surface area contributed by atoms with Crippen LogP contribution >= 0.6 is 12.6 Å². The van der Waals surface area contributed by atoms with E-state index in [2.05, 4.69) is 77.4 Å². The number of nitrogens with zero attached hydrogens (tertiary/aromatic N) is 5. The molecule has 15 heteroatoms. The Morgan fingerprint density at radius 1 is 0.821 bits per heavy atom. The van der Waals surface area contributed by atoms with E-state index in [1.165, 1.54) is 12.8 Å². The van der Waals surface area contributed by atoms with E-state index in [1.807, 2.05) is 114 Å². The summed E-state index contributed by atoms with van der Waals surface area (Å²) in [5, 5.41) is 13.6. The molecule has 1 aromatic heterocycles. The van der Waals surface area contributed by atoms with E-state index in [9.17, 15) is 14.7 Å². The smallest absolute Gasteiger partial charge is 0.260 e. The van der Waals surface area contributed by atoms with Crippen molar-refractivity contribution in [1.29, 1.82) is 0 Å². The number of amides is 2. The lowest BCUT2D eigenvalue weighted by molar-refractivity contribution is -0.107. The summed E-state index contributed by atoms with van der Waals surface area (Å²) in [7, 11) is 4.93. The topological polar surface area (TPSA) is 148 Å². The van der Waals surface area contributed by atoms with Gasteiger partial charge in [-0.3, -0.25) is 19.6 Å². The molecule has 0 bridgehead atoms. The molecule has 78 heavy (non-hydrogen) atoms. The molecule has 2 N–H and O–H groups in total. The maximum atomic E-state index is 14.1. The van der Waals surface area contributed by atoms with Gasteiger partial charge in [-0.2, -0.15) is 12.6 Å². The molecule has 0 fully saturated rings. The second kappa shape index (κ2) is 27.5. The Bertz CT molecular complexity index is 2820. The fraction of sp³-hybridized carbons (Fsp3) is 0.492. The number of aryl methyl sites for hydroxylation is 1. The van der Waals surface area contributed by atoms with Crippen LogP contribution in [0.15, 0.2) is 89.9 Å². The predicted molar refractivity (Wildman–Crippen MR) is 323 cm³/mol. The van der Waals surface area contributed by atoms with Crippen LogP contribution in [0.1, 0.15) is 141 Å². The first-order chi connectivity index (χ1) is 37.0. The molecule has 2 aliphatic heterocycles. The van der Waals surface area contributed by atoms with E-state index in [0.717, 1.165) is 46.6 Å². The number of aromatic nitrogens is 1. The molecule has 0 saturated carbocycles. The van der Waals surface area contributed by atoms with Crippen molar-refractivity contribution in [3.05, 3.63) is 119 Å². The van der Waals surface area contributed by atoms with Crippen molar-refractivity contribution in [2.24, 2.45) is 4.99 Å². The van der Waals surface area contributed by atoms with Crippen LogP contribution in [-0.4, -0.2) is 97.1 Å². The van der Waals surface area contributed by atoms with Gasteiger partial charge in [0, 0.05) is 72.3 Å². The third kappa shape index (κ3) is 16.2. The highest BCUT2D eigenvalue weighted by atomic mass is 32.1. The Kier molecular flexibility index (Phi) is 22.1. The zero-order valence-corrected chi connectivity index (χ0v) is 50.3. The summed E-state index contributed by atoms with van der Waals surface area (Å²) < 4.78 is 31.5. The molecule has 0 radical (unpaired) electrons. The number of rotatable bonds is 22. The minimum absolute atomic E-state index is 0.0218. The molecule has 0 saturated heterocycles. The van der Waals surface area contributed by atoms with Crippen LogP contribution < -0.4 is 39.0 Å². The normalized spacial score (nSPS) is 14.2. The number of aliphatic imine (C=N–C) groups is 1. The summed E-state index contributed by atoms with van der Waals surface area (Å²) in [5.74, 6) is 1.69. The number of nitrogens with one attached hydrogen (secondary N) is 1. The predicted octanol–water partition coefficient (Wildman–Crippen LogP) is 13.2. The van der Waals surface area contributed by atoms with Gasteiger partial charge in [-0.15, -0.1) is 0 Å². The van der Waals surface area contributed by atoms with E-state index >= 15 is 0 Å². The number of anilines is 4. The molecule has 14 nitrogen and oxygen atoms in total. The summed E-state index contributed by atoms with van der Waals surface area (Å²) in [6.45, 7) is 28.1. The summed E-state index contributed by atoms with van der Waals surface area (Å²) in [4.78, 5) is 42.0. The van der Waals surface area contributed by atoms with Gasteiger partial charge in [-0.25, -0.2) is 0 Å². The van der Waals surface area contributed by atoms with Crippen molar-refractivity contribution in [3.63, 3.8) is 0 Å². The standard InChI is InChI=1S/C55H68N6O8.C6H14S.C2H6/c1-36-24-48(65-10)50(29-44(36)57-31-42-25-38-17-13-15-19-47(38)60(42)35-63)67-32-39-26-41(61(54(5,6)21-23-62)55(7,8)34-69-53(2,3)4)27-40(58-39)33-68-51-30-45(56-9)43(28-49(51)66-11)52(64)59-22-20-37-16-12-14-18-46(37)59;1-4-5-6(2,3)7;1-2/h12-19,24,26-31,35,42,56,62H,20-23,25,32-34H2,1-11H3;7H,4-5H2,1-3H3;1-2H3. The molecule has 5 aromatic rings. The third-order valence-electron chi connectivity index (χ3n) is 13.6. The first kappa shape index (κ1) is 62.6. The van der Waals surface area contributed by atoms with Crippen molar-refractivity contribution in [2.45, 2.75) is 163 Å². The lowest BCUT2D eigenvalue weighted by Gasteiger charge is -2.51. The summed E-state index contributed by atoms with van der Waals surface area (Å²) >= 11 is 4.33. The Morgan fingerprint density at radius 3 is 1.96 bits per heavy atom. The molecule has 424 valence electrons. The number of thiol groups is 1. The molecule has 0 spiro atoms. The van der Waals surface area contributed by atoms with Gasteiger partial charge in [0.1, 0.15) is 13.2 Å². The number of benzene rings is 4. The monoisotopic (exact) mass is 1090 g/mol. The van der Waals surface area contributed by atoms with E-state index in [4.69, 9.17) is 33.7 Å². The highest BCUT2D eigenvalue weighted by Gasteiger charge is 2.39. The maximum absolute atomic E-state index is 14.1. The lowest BCUT2D eigenvalue weighted by atomic mass is 9.89. The van der Waals surface area contributed by atoms with Crippen molar-refractivity contribution in [3.8, 4) is 23.0 Å². The number of ether oxygens (including phenoxy) is 5. The van der Waals surface area contributed by atoms with Crippen LogP contribution in [0.3, 0.4) is 0 Å². The number of para-hydroxylation sites is 2. The van der Waals surface area contributed by atoms with Gasteiger partial charge in [0.05, 0.1) is 66.3 Å². The Hall–Kier alpha value is -6.29. The zero-order valence-electron chi connectivity index (χ0n) is 49.4. The maximum Gasteiger partial charge on any atom is 0.260 e. The average molecular weight is 1090 g/mol. The van der Waals surface area contributed by atoms with Crippen molar-refractivity contribution >= 4 is 59.6 Å². The van der Waals surface area contributed by atoms with Crippen LogP contribution in [-0.2, 0) is 35.6 Å². The van der Waals surface area contributed by atoms with Crippen LogP contribution in [0.2, 0.25) is 0 Å². The fourth-order valence-electron chi connectivity index (χ4n) is 10.0. The van der Waals surface area contributed by atoms with Crippen LogP contribution in [0.25, 0.3) is 0 Å². The highest BCUT2D eigenvalue weighted by molar-refractivity contribution is 7.81. The van der Waals surface area contributed by atoms with Gasteiger partial charge in [0.25, 0.3) is 5.91 Å². The molecule has 7 rings (SSSR count). The van der Waals surface area contributed by atoms with E-state index < -0.39 is 16.7 Å². The quantitative estimate of drug-likeness (QED) is 0.0346. The number of pyridine rings is 1. The molecule has 3 heterocycles. The average Bonchev–Trinajstić information content (AvgIpc) is 4.04. The SMILES string of the molecule is CC.CCCC(C)(C)S.CNc1cc(OCc2cc(N(C(C)(C)CCO)C(C)(C)COC(C)(C)C)cc(COc3cc(N=CC4Cc5ccccc5N4C=O)c(C)cc3OC)n2)c(OC)cc1C(=O)N1CCc2ccccc21. The molecule has 1 atom stereocenters. The zero-order chi connectivity index (χ0) is 57.6. The Morgan fingerprint density at radius 2 is 1.41 bits per heavy atom. The summed E-state index contributed by atoms with van der Waals surface area (Å²) in [5.41, 5.74) is 7.17. The fourth-order valence-corrected chi connectivity index (χ4v) is 10.2. The Labute approximate surface area is 471 Å². The van der Waals surface area contributed by atoms with Gasteiger partial charge in [0.2, 0.25) is 6.41 Å². The molecule has 1 unspecified atom stereocenters. The van der Waals surface area contributed by atoms with Crippen LogP contribution in [0.4, 0.5) is 28.4 Å². The first-order valence-corrected chi connectivity index (χ1v) is 27.8. The van der Waals surface area contributed by atoms with E-state index in [-0.39, 0.29) is 36.5 Å². The molecular formula is C63H88N6O8S. The van der Waals surface area contributed by atoms with Crippen LogP contribution in [0, 0.1) is 6.92 Å². The van der Waals surface area contributed by atoms with Crippen molar-refractivity contribution in [1.82, 2.24) is 4.98 Å². The van der Waals surface area contributed by atoms with Gasteiger partial charge >= 0.3 is 0 Å². The first-order valence-electron chi connectivity index (χ1n) is 27.3. The number of methoxy groups -OCH3 is 2. The van der Waals surface area contributed by atoms with Crippen LogP contribution in [0.5, 0.6) is 23.0 Å².